The first-order valence-electron chi connectivity index (χ1n) is 23.7. The summed E-state index contributed by atoms with van der Waals surface area (Å²) >= 11 is 0. The molecule has 17 atom stereocenters. The first kappa shape index (κ1) is 44.9. The van der Waals surface area contributed by atoms with Gasteiger partial charge >= 0.3 is 5.97 Å². The number of hydrogen-bond donors (Lipinski definition) is 0. The number of likely N-dealkylation sites (N-methyl/N-ethyl adjacent to an activating group) is 1. The highest BCUT2D eigenvalue weighted by Gasteiger charge is 2.57. The molecule has 0 N–H and O–H groups in total. The van der Waals surface area contributed by atoms with Crippen LogP contribution in [0.5, 0.6) is 0 Å². The summed E-state index contributed by atoms with van der Waals surface area (Å²) in [4.78, 5) is 37.2. The highest BCUT2D eigenvalue weighted by atomic mass is 16.7. The van der Waals surface area contributed by atoms with E-state index in [-0.39, 0.29) is 90.9 Å². The predicted molar refractivity (Wildman–Crippen MR) is 236 cm³/mol. The number of pyridine rings is 1. The zero-order chi connectivity index (χ0) is 44.3. The Morgan fingerprint density at radius 1 is 0.857 bits per heavy atom. The number of cyclic esters (lactones) is 1. The Labute approximate surface area is 372 Å². The highest BCUT2D eigenvalue weighted by Crippen LogP contribution is 2.61. The van der Waals surface area contributed by atoms with Crippen molar-refractivity contribution in [2.24, 2.45) is 23.7 Å². The number of nitrogens with zero attached hydrogens (tertiary/aromatic N) is 3. The second kappa shape index (κ2) is 18.5. The van der Waals surface area contributed by atoms with Crippen molar-refractivity contribution in [3.8, 4) is 0 Å². The molecule has 13 nitrogen and oxygen atoms in total. The van der Waals surface area contributed by atoms with Gasteiger partial charge in [0.15, 0.2) is 18.4 Å². The molecule has 344 valence electrons. The van der Waals surface area contributed by atoms with Crippen LogP contribution in [0.2, 0.25) is 0 Å². The fourth-order valence-electron chi connectivity index (χ4n) is 12.7. The van der Waals surface area contributed by atoms with Crippen molar-refractivity contribution in [1.29, 1.82) is 0 Å². The summed E-state index contributed by atoms with van der Waals surface area (Å²) in [6.07, 6.45) is 7.29. The van der Waals surface area contributed by atoms with Crippen LogP contribution in [-0.2, 0) is 47.5 Å². The van der Waals surface area contributed by atoms with Gasteiger partial charge in [0.1, 0.15) is 30.1 Å². The second-order valence-corrected chi connectivity index (χ2v) is 19.5. The van der Waals surface area contributed by atoms with E-state index in [4.69, 9.17) is 42.9 Å². The Kier molecular flexibility index (Phi) is 13.2. The van der Waals surface area contributed by atoms with E-state index in [0.29, 0.717) is 24.5 Å². The lowest BCUT2D eigenvalue weighted by Gasteiger charge is -2.44. The van der Waals surface area contributed by atoms with E-state index in [2.05, 4.69) is 79.8 Å². The van der Waals surface area contributed by atoms with Crippen LogP contribution < -0.4 is 0 Å². The lowest BCUT2D eigenvalue weighted by atomic mass is 9.66. The van der Waals surface area contributed by atoms with Crippen molar-refractivity contribution >= 4 is 28.2 Å². The maximum absolute atomic E-state index is 15.3. The normalized spacial score (nSPS) is 39.8. The molecule has 3 aromatic rings. The van der Waals surface area contributed by atoms with Gasteiger partial charge in [-0.2, -0.15) is 0 Å². The van der Waals surface area contributed by atoms with Gasteiger partial charge in [0.05, 0.1) is 36.5 Å². The Hall–Kier alpha value is -3.27. The minimum Gasteiger partial charge on any atom is -0.462 e. The SMILES string of the molecule is CC[C@H]1CCC[C@H](O[C@H]2CC[C@H](N(C)C)C(C)O2)[C@@H](C)C(=O)C2=C[C@H]3[C@@H]4C[C@H](O[C@@H]5O[C@H](C)[C@H](OC)C(OC)C5OC)C[C@H]4c4c(nc5c6ccccc6ccn45)[C@H]3[C@@H]2CC(=O)O1. The molecule has 3 saturated heterocycles. The van der Waals surface area contributed by atoms with Crippen LogP contribution in [0, 0.1) is 23.7 Å². The minimum atomic E-state index is -0.671. The van der Waals surface area contributed by atoms with Gasteiger partial charge in [0.25, 0.3) is 0 Å². The van der Waals surface area contributed by atoms with Crippen molar-refractivity contribution in [1.82, 2.24) is 14.3 Å². The van der Waals surface area contributed by atoms with Gasteiger partial charge in [-0.05, 0) is 108 Å². The number of Topliss-reactive ketones (excluding diaryl/α,β-unsaturated/α-hetero) is 1. The minimum absolute atomic E-state index is 0.00554. The fourth-order valence-corrected chi connectivity index (χ4v) is 12.7. The van der Waals surface area contributed by atoms with Crippen LogP contribution in [0.4, 0.5) is 0 Å². The van der Waals surface area contributed by atoms with Gasteiger partial charge in [0, 0.05) is 68.3 Å². The summed E-state index contributed by atoms with van der Waals surface area (Å²) in [5.74, 6) is -1.15. The predicted octanol–water partition coefficient (Wildman–Crippen LogP) is 7.37. The third kappa shape index (κ3) is 8.21. The number of hydrogen-bond acceptors (Lipinski definition) is 12. The van der Waals surface area contributed by atoms with E-state index in [1.165, 1.54) is 0 Å². The van der Waals surface area contributed by atoms with E-state index >= 15 is 4.79 Å². The van der Waals surface area contributed by atoms with E-state index in [9.17, 15) is 4.79 Å². The number of aromatic nitrogens is 2. The molecule has 4 fully saturated rings. The molecule has 6 aliphatic rings. The summed E-state index contributed by atoms with van der Waals surface area (Å²) in [5, 5.41) is 2.17. The third-order valence-corrected chi connectivity index (χ3v) is 15.8. The van der Waals surface area contributed by atoms with Gasteiger partial charge in [0.2, 0.25) is 0 Å². The molecule has 3 aliphatic heterocycles. The number of carbonyl (C=O) groups excluding carboxylic acids is 2. The fraction of sp³-hybridized carbons (Fsp3) is 0.700. The lowest BCUT2D eigenvalue weighted by Crippen LogP contribution is -2.59. The van der Waals surface area contributed by atoms with E-state index in [0.717, 1.165) is 66.3 Å². The number of ether oxygens (including phenoxy) is 8. The molecular formula is C50H69N3O10. The molecule has 0 bridgehead atoms. The number of methoxy groups -OCH3 is 3. The second-order valence-electron chi connectivity index (χ2n) is 19.5. The Morgan fingerprint density at radius 2 is 1.63 bits per heavy atom. The monoisotopic (exact) mass is 871 g/mol. The highest BCUT2D eigenvalue weighted by molar-refractivity contribution is 5.99. The summed E-state index contributed by atoms with van der Waals surface area (Å²) in [7, 11) is 9.17. The molecule has 63 heavy (non-hydrogen) atoms. The molecular weight excluding hydrogens is 803 g/mol. The molecule has 13 heteroatoms. The molecule has 5 heterocycles. The van der Waals surface area contributed by atoms with Gasteiger partial charge in [-0.1, -0.05) is 44.2 Å². The first-order valence-corrected chi connectivity index (χ1v) is 23.7. The number of benzene rings is 1. The topological polar surface area (TPSA) is 129 Å². The molecule has 0 amide bonds. The number of allylic oxidation sites excluding steroid dienone is 2. The van der Waals surface area contributed by atoms with Crippen molar-refractivity contribution in [3.05, 3.63) is 59.6 Å². The number of rotatable bonds is 9. The molecule has 0 radical (unpaired) electrons. The Morgan fingerprint density at radius 3 is 2.37 bits per heavy atom. The number of imidazole rings is 1. The molecule has 3 aliphatic carbocycles. The molecule has 1 saturated carbocycles. The maximum Gasteiger partial charge on any atom is 0.306 e. The largest absolute Gasteiger partial charge is 0.462 e. The lowest BCUT2D eigenvalue weighted by molar-refractivity contribution is -0.314. The maximum atomic E-state index is 15.3. The molecule has 2 aromatic heterocycles. The zero-order valence-corrected chi connectivity index (χ0v) is 38.6. The van der Waals surface area contributed by atoms with Crippen molar-refractivity contribution in [2.45, 2.75) is 165 Å². The summed E-state index contributed by atoms with van der Waals surface area (Å²) in [6, 6.07) is 10.8. The van der Waals surface area contributed by atoms with Crippen molar-refractivity contribution in [2.75, 3.05) is 35.4 Å². The quantitative estimate of drug-likeness (QED) is 0.199. The van der Waals surface area contributed by atoms with Gasteiger partial charge in [-0.25, -0.2) is 4.98 Å². The molecule has 3 unspecified atom stereocenters. The van der Waals surface area contributed by atoms with E-state index in [1.807, 2.05) is 13.8 Å². The van der Waals surface area contributed by atoms with Crippen LogP contribution in [-0.4, -0.2) is 129 Å². The number of ketones is 1. The van der Waals surface area contributed by atoms with Crippen LogP contribution >= 0.6 is 0 Å². The molecule has 1 aromatic carbocycles. The van der Waals surface area contributed by atoms with E-state index in [1.54, 1.807) is 21.3 Å². The summed E-state index contributed by atoms with van der Waals surface area (Å²) < 4.78 is 53.1. The standard InChI is InChI=1S/C50H69N3O10/c1-10-30-15-13-17-39(63-41-19-18-38(52(5)6)27(3)59-41)26(2)45(55)37-24-34-33-22-31(62-50-48(58-9)47(57-8)46(56-7)28(4)60-50)23-36(33)44-43(42(34)35(37)25-40(54)61-30)51-49-32-16-12-11-14-29(32)20-21-53(44)49/h11-12,14,16,20-21,24,26-28,30-31,33-36,38-39,41-42,46-48,50H,10,13,15,17-19,22-23,25H2,1-9H3/t26-,27?,28-,30+,31+,33+,34+,35-,36-,38+,39+,41+,42-,46+,47?,48?,50+/m1/s1. The summed E-state index contributed by atoms with van der Waals surface area (Å²) in [6.45, 7) is 8.19. The van der Waals surface area contributed by atoms with Gasteiger partial charge in [-0.3, -0.25) is 9.59 Å². The average Bonchev–Trinajstić information content (AvgIpc) is 3.98. The van der Waals surface area contributed by atoms with E-state index < -0.39 is 24.2 Å². The number of fused-ring (bicyclic) bond motifs is 12. The Balaban J connectivity index is 1.09. The Bertz CT molecular complexity index is 2160. The number of esters is 1. The molecule has 9 rings (SSSR count). The number of carbonyl (C=O) groups is 2. The smallest absolute Gasteiger partial charge is 0.306 e. The van der Waals surface area contributed by atoms with Crippen molar-refractivity contribution in [3.63, 3.8) is 0 Å². The van der Waals surface area contributed by atoms with Gasteiger partial charge < -0.3 is 47.2 Å². The van der Waals surface area contributed by atoms with Crippen LogP contribution in [0.15, 0.2) is 48.2 Å². The first-order chi connectivity index (χ1) is 30.4. The van der Waals surface area contributed by atoms with Crippen LogP contribution in [0.1, 0.15) is 109 Å². The third-order valence-electron chi connectivity index (χ3n) is 15.8. The van der Waals surface area contributed by atoms with Crippen molar-refractivity contribution < 1.29 is 47.5 Å². The van der Waals surface area contributed by atoms with Crippen LogP contribution in [0.3, 0.4) is 0 Å². The molecule has 0 spiro atoms. The zero-order valence-electron chi connectivity index (χ0n) is 38.6. The average molecular weight is 872 g/mol. The summed E-state index contributed by atoms with van der Waals surface area (Å²) in [5.41, 5.74) is 3.71. The van der Waals surface area contributed by atoms with Gasteiger partial charge in [-0.15, -0.1) is 0 Å². The van der Waals surface area contributed by atoms with Crippen LogP contribution in [0.25, 0.3) is 16.4 Å².